The molecule has 0 fully saturated rings. The Morgan fingerprint density at radius 3 is 2.26 bits per heavy atom. The second-order valence-corrected chi connectivity index (χ2v) is 8.27. The summed E-state index contributed by atoms with van der Waals surface area (Å²) in [4.78, 5) is 26.3. The zero-order chi connectivity index (χ0) is 21.5. The van der Waals surface area contributed by atoms with Crippen LogP contribution in [0.3, 0.4) is 0 Å². The number of ether oxygens (including phenoxy) is 1. The minimum atomic E-state index is -1.09. The number of carbonyl (C=O) groups is 2. The first-order valence-electron chi connectivity index (χ1n) is 10.2. The highest BCUT2D eigenvalue weighted by Crippen LogP contribution is 2.44. The van der Waals surface area contributed by atoms with Crippen molar-refractivity contribution < 1.29 is 19.4 Å². The van der Waals surface area contributed by atoms with E-state index in [-0.39, 0.29) is 19.1 Å². The fraction of sp³-hybridized carbons (Fsp3) is 0.200. The second kappa shape index (κ2) is 7.75. The highest BCUT2D eigenvalue weighted by Gasteiger charge is 2.38. The van der Waals surface area contributed by atoms with Crippen LogP contribution >= 0.6 is 11.6 Å². The van der Waals surface area contributed by atoms with Gasteiger partial charge in [0, 0.05) is 17.5 Å². The molecule has 1 aliphatic heterocycles. The lowest BCUT2D eigenvalue weighted by molar-refractivity contribution is -0.143. The molecule has 1 heterocycles. The normalized spacial score (nSPS) is 16.9. The predicted octanol–water partition coefficient (Wildman–Crippen LogP) is 5.27. The van der Waals surface area contributed by atoms with Crippen molar-refractivity contribution in [1.82, 2.24) is 4.90 Å². The van der Waals surface area contributed by atoms with Crippen molar-refractivity contribution in [2.24, 2.45) is 0 Å². The van der Waals surface area contributed by atoms with Gasteiger partial charge >= 0.3 is 12.1 Å². The molecule has 2 aliphatic rings. The van der Waals surface area contributed by atoms with Gasteiger partial charge in [0.1, 0.15) is 6.61 Å². The number of carbonyl (C=O) groups excluding carboxylic acids is 1. The Bertz CT molecular complexity index is 1150. The average molecular weight is 434 g/mol. The second-order valence-electron chi connectivity index (χ2n) is 7.83. The third kappa shape index (κ3) is 3.35. The summed E-state index contributed by atoms with van der Waals surface area (Å²) in [5, 5.41) is 10.4. The number of aliphatic carboxylic acids is 1. The highest BCUT2D eigenvalue weighted by molar-refractivity contribution is 6.30. The van der Waals surface area contributed by atoms with Gasteiger partial charge in [-0.25, -0.2) is 9.59 Å². The van der Waals surface area contributed by atoms with Crippen molar-refractivity contribution in [2.45, 2.75) is 18.4 Å². The minimum absolute atomic E-state index is 0.0736. The summed E-state index contributed by atoms with van der Waals surface area (Å²) >= 11 is 6.06. The molecule has 6 heteroatoms. The van der Waals surface area contributed by atoms with Gasteiger partial charge in [0.15, 0.2) is 6.04 Å². The summed E-state index contributed by atoms with van der Waals surface area (Å²) in [7, 11) is 0. The van der Waals surface area contributed by atoms with Crippen LogP contribution in [0.5, 0.6) is 0 Å². The standard InChI is InChI=1S/C25H20ClNO4/c26-16-9-10-17-15(13-16)11-12-27(23(17)24(28)29)25(30)31-14-22-20-7-3-1-5-18(20)19-6-2-4-8-21(19)22/h1-10,13,22-23H,11-12,14H2,(H,28,29). The van der Waals surface area contributed by atoms with E-state index in [9.17, 15) is 14.7 Å². The Labute approximate surface area is 184 Å². The van der Waals surface area contributed by atoms with Gasteiger partial charge < -0.3 is 9.84 Å². The molecule has 5 rings (SSSR count). The van der Waals surface area contributed by atoms with Gasteiger partial charge in [-0.2, -0.15) is 0 Å². The summed E-state index contributed by atoms with van der Waals surface area (Å²) < 4.78 is 5.70. The van der Waals surface area contributed by atoms with Crippen LogP contribution < -0.4 is 0 Å². The fourth-order valence-electron chi connectivity index (χ4n) is 4.74. The van der Waals surface area contributed by atoms with Gasteiger partial charge in [0.05, 0.1) is 0 Å². The number of halogens is 1. The maximum Gasteiger partial charge on any atom is 0.410 e. The van der Waals surface area contributed by atoms with Crippen LogP contribution in [0.4, 0.5) is 4.79 Å². The van der Waals surface area contributed by atoms with Gasteiger partial charge in [-0.1, -0.05) is 66.2 Å². The molecule has 1 unspecified atom stereocenters. The van der Waals surface area contributed by atoms with Gasteiger partial charge in [-0.05, 0) is 51.9 Å². The van der Waals surface area contributed by atoms with E-state index in [1.54, 1.807) is 18.2 Å². The molecule has 0 aromatic heterocycles. The number of benzene rings is 3. The summed E-state index contributed by atoms with van der Waals surface area (Å²) in [6, 6.07) is 20.2. The third-order valence-electron chi connectivity index (χ3n) is 6.14. The summed E-state index contributed by atoms with van der Waals surface area (Å²) in [5.74, 6) is -1.16. The number of rotatable bonds is 3. The zero-order valence-corrected chi connectivity index (χ0v) is 17.4. The molecule has 3 aromatic rings. The van der Waals surface area contributed by atoms with Crippen molar-refractivity contribution in [2.75, 3.05) is 13.2 Å². The van der Waals surface area contributed by atoms with E-state index >= 15 is 0 Å². The average Bonchev–Trinajstić information content (AvgIpc) is 3.10. The number of fused-ring (bicyclic) bond motifs is 4. The van der Waals surface area contributed by atoms with E-state index in [0.717, 1.165) is 27.8 Å². The summed E-state index contributed by atoms with van der Waals surface area (Å²) in [5.41, 5.74) is 5.95. The van der Waals surface area contributed by atoms with Gasteiger partial charge in [0.2, 0.25) is 0 Å². The van der Waals surface area contributed by atoms with Crippen molar-refractivity contribution in [1.29, 1.82) is 0 Å². The molecule has 5 nitrogen and oxygen atoms in total. The SMILES string of the molecule is O=C(O)C1c2ccc(Cl)cc2CCN1C(=O)OCC1c2ccccc2-c2ccccc21. The van der Waals surface area contributed by atoms with Crippen LogP contribution in [0.2, 0.25) is 5.02 Å². The predicted molar refractivity (Wildman–Crippen MR) is 117 cm³/mol. The Kier molecular flexibility index (Phi) is 4.91. The molecule has 0 saturated heterocycles. The summed E-state index contributed by atoms with van der Waals surface area (Å²) in [6.07, 6.45) is -0.0843. The Morgan fingerprint density at radius 1 is 0.968 bits per heavy atom. The number of hydrogen-bond acceptors (Lipinski definition) is 3. The number of nitrogens with zero attached hydrogens (tertiary/aromatic N) is 1. The van der Waals surface area contributed by atoms with Crippen molar-refractivity contribution in [3.63, 3.8) is 0 Å². The number of carboxylic acid groups (broad SMARTS) is 1. The number of amides is 1. The van der Waals surface area contributed by atoms with Gasteiger partial charge in [-0.3, -0.25) is 4.90 Å². The molecular formula is C25H20ClNO4. The lowest BCUT2D eigenvalue weighted by Crippen LogP contribution is -2.44. The fourth-order valence-corrected chi connectivity index (χ4v) is 4.93. The van der Waals surface area contributed by atoms with E-state index in [1.807, 2.05) is 24.3 Å². The Hall–Kier alpha value is -3.31. The van der Waals surface area contributed by atoms with E-state index in [0.29, 0.717) is 17.0 Å². The topological polar surface area (TPSA) is 66.8 Å². The molecule has 0 saturated carbocycles. The Morgan fingerprint density at radius 2 is 1.61 bits per heavy atom. The van der Waals surface area contributed by atoms with Crippen LogP contribution in [0.1, 0.15) is 34.2 Å². The lowest BCUT2D eigenvalue weighted by atomic mass is 9.93. The van der Waals surface area contributed by atoms with Gasteiger partial charge in [0.25, 0.3) is 0 Å². The summed E-state index contributed by atoms with van der Waals surface area (Å²) in [6.45, 7) is 0.421. The van der Waals surface area contributed by atoms with Crippen LogP contribution in [0, 0.1) is 0 Å². The van der Waals surface area contributed by atoms with E-state index in [4.69, 9.17) is 16.3 Å². The van der Waals surface area contributed by atoms with E-state index in [2.05, 4.69) is 24.3 Å². The molecule has 3 aromatic carbocycles. The molecule has 0 bridgehead atoms. The quantitative estimate of drug-likeness (QED) is 0.610. The van der Waals surface area contributed by atoms with Crippen LogP contribution in [-0.4, -0.2) is 35.2 Å². The van der Waals surface area contributed by atoms with E-state index in [1.165, 1.54) is 4.90 Å². The third-order valence-corrected chi connectivity index (χ3v) is 6.37. The first kappa shape index (κ1) is 19.6. The molecule has 156 valence electrons. The maximum atomic E-state index is 13.0. The molecule has 1 N–H and O–H groups in total. The first-order chi connectivity index (χ1) is 15.0. The molecule has 0 radical (unpaired) electrons. The molecule has 1 amide bonds. The molecule has 0 spiro atoms. The number of hydrogen-bond donors (Lipinski definition) is 1. The van der Waals surface area contributed by atoms with Crippen LogP contribution in [0.25, 0.3) is 11.1 Å². The van der Waals surface area contributed by atoms with Crippen molar-refractivity contribution in [3.05, 3.63) is 94.0 Å². The minimum Gasteiger partial charge on any atom is -0.479 e. The Balaban J connectivity index is 1.39. The lowest BCUT2D eigenvalue weighted by Gasteiger charge is -2.34. The first-order valence-corrected chi connectivity index (χ1v) is 10.5. The molecule has 31 heavy (non-hydrogen) atoms. The van der Waals surface area contributed by atoms with Crippen LogP contribution in [0.15, 0.2) is 66.7 Å². The van der Waals surface area contributed by atoms with Crippen molar-refractivity contribution in [3.8, 4) is 11.1 Å². The van der Waals surface area contributed by atoms with E-state index < -0.39 is 18.1 Å². The number of carboxylic acids is 1. The zero-order valence-electron chi connectivity index (χ0n) is 16.6. The smallest absolute Gasteiger partial charge is 0.410 e. The van der Waals surface area contributed by atoms with Crippen molar-refractivity contribution >= 4 is 23.7 Å². The van der Waals surface area contributed by atoms with Crippen LogP contribution in [-0.2, 0) is 16.0 Å². The molecular weight excluding hydrogens is 414 g/mol. The van der Waals surface area contributed by atoms with Gasteiger partial charge in [-0.15, -0.1) is 0 Å². The largest absolute Gasteiger partial charge is 0.479 e. The monoisotopic (exact) mass is 433 g/mol. The molecule has 1 aliphatic carbocycles. The molecule has 1 atom stereocenters. The highest BCUT2D eigenvalue weighted by atomic mass is 35.5. The maximum absolute atomic E-state index is 13.0.